The minimum absolute atomic E-state index is 0.363. The highest BCUT2D eigenvalue weighted by Crippen LogP contribution is 2.22. The molecule has 0 radical (unpaired) electrons. The van der Waals surface area contributed by atoms with Crippen molar-refractivity contribution in [2.24, 2.45) is 0 Å². The van der Waals surface area contributed by atoms with Gasteiger partial charge in [-0.1, -0.05) is 6.08 Å². The predicted molar refractivity (Wildman–Crippen MR) is 48.8 cm³/mol. The van der Waals surface area contributed by atoms with Crippen molar-refractivity contribution in [3.05, 3.63) is 34.5 Å². The topological polar surface area (TPSA) is 20.2 Å². The van der Waals surface area contributed by atoms with Gasteiger partial charge in [0.2, 0.25) is 0 Å². The summed E-state index contributed by atoms with van der Waals surface area (Å²) in [4.78, 5) is 1.24. The van der Waals surface area contributed by atoms with Gasteiger partial charge >= 0.3 is 0 Å². The van der Waals surface area contributed by atoms with Crippen LogP contribution in [-0.2, 0) is 0 Å². The molecular formula is C9H12OS. The second-order valence-electron chi connectivity index (χ2n) is 2.53. The molecule has 1 aromatic heterocycles. The maximum Gasteiger partial charge on any atom is 0.0832 e. The minimum Gasteiger partial charge on any atom is -0.388 e. The molecule has 0 aliphatic heterocycles. The van der Waals surface area contributed by atoms with E-state index in [1.165, 1.54) is 4.88 Å². The minimum atomic E-state index is -0.363. The third-order valence-electron chi connectivity index (χ3n) is 1.53. The smallest absolute Gasteiger partial charge is 0.0832 e. The number of rotatable bonds is 3. The molecule has 0 bridgehead atoms. The Bertz CT molecular complexity index is 239. The second-order valence-corrected chi connectivity index (χ2v) is 3.65. The lowest BCUT2D eigenvalue weighted by molar-refractivity contribution is 0.182. The summed E-state index contributed by atoms with van der Waals surface area (Å²) in [6.45, 7) is 5.61. The fourth-order valence-electron chi connectivity index (χ4n) is 0.932. The number of thiophene rings is 1. The quantitative estimate of drug-likeness (QED) is 0.688. The Labute approximate surface area is 71.0 Å². The molecule has 1 nitrogen and oxygen atoms in total. The molecule has 0 aliphatic carbocycles. The van der Waals surface area contributed by atoms with E-state index >= 15 is 0 Å². The first-order valence-electron chi connectivity index (χ1n) is 3.58. The van der Waals surface area contributed by atoms with Crippen LogP contribution in [0, 0.1) is 6.92 Å². The van der Waals surface area contributed by atoms with E-state index in [1.54, 1.807) is 17.4 Å². The van der Waals surface area contributed by atoms with Crippen molar-refractivity contribution in [1.82, 2.24) is 0 Å². The summed E-state index contributed by atoms with van der Waals surface area (Å²) < 4.78 is 0. The molecule has 0 spiro atoms. The number of aliphatic hydroxyl groups excluding tert-OH is 1. The van der Waals surface area contributed by atoms with Crippen molar-refractivity contribution < 1.29 is 5.11 Å². The Balaban J connectivity index is 2.67. The lowest BCUT2D eigenvalue weighted by atomic mass is 10.1. The Morgan fingerprint density at radius 3 is 3.00 bits per heavy atom. The molecule has 1 N–H and O–H groups in total. The van der Waals surface area contributed by atoms with Crippen LogP contribution in [0.4, 0.5) is 0 Å². The summed E-state index contributed by atoms with van der Waals surface area (Å²) in [7, 11) is 0. The third kappa shape index (κ3) is 2.17. The largest absolute Gasteiger partial charge is 0.388 e. The molecule has 0 amide bonds. The van der Waals surface area contributed by atoms with Gasteiger partial charge in [0.1, 0.15) is 0 Å². The van der Waals surface area contributed by atoms with Gasteiger partial charge in [0.15, 0.2) is 0 Å². The standard InChI is InChI=1S/C9H12OS/c1-3-4-9(10)8-5-7(2)11-6-8/h3,5-6,9-10H,1,4H2,2H3. The number of aryl methyl sites for hydroxylation is 1. The molecule has 1 atom stereocenters. The van der Waals surface area contributed by atoms with E-state index in [2.05, 4.69) is 6.58 Å². The Kier molecular flexibility index (Phi) is 2.85. The summed E-state index contributed by atoms with van der Waals surface area (Å²) in [5.74, 6) is 0. The zero-order valence-electron chi connectivity index (χ0n) is 6.58. The molecule has 1 unspecified atom stereocenters. The highest BCUT2D eigenvalue weighted by molar-refractivity contribution is 7.10. The van der Waals surface area contributed by atoms with Crippen molar-refractivity contribution in [3.63, 3.8) is 0 Å². The lowest BCUT2D eigenvalue weighted by Crippen LogP contribution is -1.91. The monoisotopic (exact) mass is 168 g/mol. The molecule has 0 aromatic carbocycles. The summed E-state index contributed by atoms with van der Waals surface area (Å²) >= 11 is 1.66. The predicted octanol–water partition coefficient (Wildman–Crippen LogP) is 2.67. The van der Waals surface area contributed by atoms with E-state index in [1.807, 2.05) is 18.4 Å². The first-order valence-corrected chi connectivity index (χ1v) is 4.46. The molecule has 11 heavy (non-hydrogen) atoms. The first kappa shape index (κ1) is 8.50. The normalized spacial score (nSPS) is 12.9. The molecule has 1 rings (SSSR count). The van der Waals surface area contributed by atoms with Crippen molar-refractivity contribution in [2.45, 2.75) is 19.4 Å². The zero-order chi connectivity index (χ0) is 8.27. The maximum absolute atomic E-state index is 9.47. The maximum atomic E-state index is 9.47. The lowest BCUT2D eigenvalue weighted by Gasteiger charge is -2.03. The SMILES string of the molecule is C=CCC(O)c1csc(C)c1. The Hall–Kier alpha value is -0.600. The summed E-state index contributed by atoms with van der Waals surface area (Å²) in [5.41, 5.74) is 1.01. The van der Waals surface area contributed by atoms with Crippen molar-refractivity contribution >= 4 is 11.3 Å². The summed E-state index contributed by atoms with van der Waals surface area (Å²) in [6.07, 6.45) is 2.01. The van der Waals surface area contributed by atoms with Crippen LogP contribution in [0.3, 0.4) is 0 Å². The van der Waals surface area contributed by atoms with Gasteiger partial charge < -0.3 is 5.11 Å². The Morgan fingerprint density at radius 1 is 1.82 bits per heavy atom. The fourth-order valence-corrected chi connectivity index (χ4v) is 1.68. The first-order chi connectivity index (χ1) is 5.24. The highest BCUT2D eigenvalue weighted by atomic mass is 32.1. The molecule has 0 fully saturated rings. The average molecular weight is 168 g/mol. The van der Waals surface area contributed by atoms with Gasteiger partial charge in [-0.25, -0.2) is 0 Å². The van der Waals surface area contributed by atoms with Crippen LogP contribution >= 0.6 is 11.3 Å². The molecule has 0 saturated heterocycles. The van der Waals surface area contributed by atoms with Crippen LogP contribution < -0.4 is 0 Å². The van der Waals surface area contributed by atoms with Crippen molar-refractivity contribution in [3.8, 4) is 0 Å². The van der Waals surface area contributed by atoms with E-state index < -0.39 is 0 Å². The molecule has 1 aromatic rings. The van der Waals surface area contributed by atoms with E-state index in [0.717, 1.165) is 5.56 Å². The van der Waals surface area contributed by atoms with Crippen molar-refractivity contribution in [1.29, 1.82) is 0 Å². The fraction of sp³-hybridized carbons (Fsp3) is 0.333. The summed E-state index contributed by atoms with van der Waals surface area (Å²) in [6, 6.07) is 2.01. The molecule has 0 saturated carbocycles. The van der Waals surface area contributed by atoms with E-state index in [4.69, 9.17) is 0 Å². The number of hydrogen-bond donors (Lipinski definition) is 1. The van der Waals surface area contributed by atoms with E-state index in [0.29, 0.717) is 6.42 Å². The molecule has 2 heteroatoms. The van der Waals surface area contributed by atoms with Crippen LogP contribution in [0.5, 0.6) is 0 Å². The third-order valence-corrected chi connectivity index (χ3v) is 2.41. The molecule has 60 valence electrons. The van der Waals surface area contributed by atoms with Gasteiger partial charge in [0.05, 0.1) is 6.10 Å². The molecular weight excluding hydrogens is 156 g/mol. The Morgan fingerprint density at radius 2 is 2.55 bits per heavy atom. The van der Waals surface area contributed by atoms with Gasteiger partial charge in [-0.05, 0) is 30.4 Å². The van der Waals surface area contributed by atoms with Crippen LogP contribution in [0.15, 0.2) is 24.1 Å². The zero-order valence-corrected chi connectivity index (χ0v) is 7.40. The van der Waals surface area contributed by atoms with Crippen LogP contribution in [0.2, 0.25) is 0 Å². The van der Waals surface area contributed by atoms with Gasteiger partial charge in [0, 0.05) is 4.88 Å². The van der Waals surface area contributed by atoms with Crippen molar-refractivity contribution in [2.75, 3.05) is 0 Å². The number of aliphatic hydroxyl groups is 1. The van der Waals surface area contributed by atoms with Gasteiger partial charge in [-0.3, -0.25) is 0 Å². The van der Waals surface area contributed by atoms with Crippen LogP contribution in [0.1, 0.15) is 23.0 Å². The molecule has 0 aliphatic rings. The average Bonchev–Trinajstić information content (AvgIpc) is 2.36. The van der Waals surface area contributed by atoms with Crippen LogP contribution in [0.25, 0.3) is 0 Å². The molecule has 1 heterocycles. The van der Waals surface area contributed by atoms with Gasteiger partial charge in [-0.15, -0.1) is 17.9 Å². The van der Waals surface area contributed by atoms with E-state index in [-0.39, 0.29) is 6.10 Å². The van der Waals surface area contributed by atoms with E-state index in [9.17, 15) is 5.11 Å². The van der Waals surface area contributed by atoms with Crippen LogP contribution in [-0.4, -0.2) is 5.11 Å². The summed E-state index contributed by atoms with van der Waals surface area (Å²) in [5, 5.41) is 11.5. The van der Waals surface area contributed by atoms with Gasteiger partial charge in [0.25, 0.3) is 0 Å². The highest BCUT2D eigenvalue weighted by Gasteiger charge is 2.05. The second kappa shape index (κ2) is 3.69. The number of hydrogen-bond acceptors (Lipinski definition) is 2. The van der Waals surface area contributed by atoms with Gasteiger partial charge in [-0.2, -0.15) is 0 Å².